The Bertz CT molecular complexity index is 848. The Morgan fingerprint density at radius 3 is 3.21 bits per heavy atom. The zero-order valence-electron chi connectivity index (χ0n) is 13.7. The molecule has 1 atom stereocenters. The first kappa shape index (κ1) is 15.4. The van der Waals surface area contributed by atoms with Crippen LogP contribution in [0.25, 0.3) is 5.65 Å². The zero-order chi connectivity index (χ0) is 16.5. The number of nitrogens with zero attached hydrogens (tertiary/aromatic N) is 2. The third kappa shape index (κ3) is 2.96. The van der Waals surface area contributed by atoms with Gasteiger partial charge in [-0.25, -0.2) is 9.78 Å². The van der Waals surface area contributed by atoms with E-state index in [0.29, 0.717) is 0 Å². The molecule has 3 heterocycles. The number of pyridine rings is 1. The second-order valence-electron chi connectivity index (χ2n) is 6.35. The van der Waals surface area contributed by atoms with Gasteiger partial charge in [-0.2, -0.15) is 0 Å². The van der Waals surface area contributed by atoms with Crippen molar-refractivity contribution >= 4 is 23.0 Å². The van der Waals surface area contributed by atoms with Crippen LogP contribution in [0, 0.1) is 5.92 Å². The third-order valence-electron chi connectivity index (χ3n) is 4.73. The van der Waals surface area contributed by atoms with E-state index in [1.807, 2.05) is 41.1 Å². The van der Waals surface area contributed by atoms with E-state index >= 15 is 0 Å². The molecule has 5 heteroatoms. The van der Waals surface area contributed by atoms with Crippen molar-refractivity contribution in [2.45, 2.75) is 39.2 Å². The molecule has 0 saturated heterocycles. The number of fused-ring (bicyclic) bond motifs is 2. The molecule has 0 bridgehead atoms. The summed E-state index contributed by atoms with van der Waals surface area (Å²) in [6.45, 7) is 2.45. The molecular weight excluding hydrogens is 320 g/mol. The van der Waals surface area contributed by atoms with Gasteiger partial charge >= 0.3 is 5.97 Å². The summed E-state index contributed by atoms with van der Waals surface area (Å²) in [4.78, 5) is 18.9. The lowest BCUT2D eigenvalue weighted by molar-refractivity contribution is 0.0474. The maximum Gasteiger partial charge on any atom is 0.348 e. The van der Waals surface area contributed by atoms with E-state index in [1.54, 1.807) is 11.3 Å². The van der Waals surface area contributed by atoms with Crippen molar-refractivity contribution < 1.29 is 9.53 Å². The van der Waals surface area contributed by atoms with Crippen LogP contribution in [0.3, 0.4) is 0 Å². The van der Waals surface area contributed by atoms with Gasteiger partial charge in [0.2, 0.25) is 0 Å². The van der Waals surface area contributed by atoms with E-state index in [9.17, 15) is 4.79 Å². The van der Waals surface area contributed by atoms with Crippen LogP contribution in [0.1, 0.15) is 45.6 Å². The first-order valence-corrected chi connectivity index (χ1v) is 9.26. The van der Waals surface area contributed by atoms with Crippen molar-refractivity contribution in [2.24, 2.45) is 5.92 Å². The van der Waals surface area contributed by atoms with Crippen molar-refractivity contribution in [3.05, 3.63) is 57.7 Å². The number of thiophene rings is 1. The summed E-state index contributed by atoms with van der Waals surface area (Å²) in [5.41, 5.74) is 2.97. The Hall–Kier alpha value is -2.14. The van der Waals surface area contributed by atoms with Crippen LogP contribution in [0.2, 0.25) is 0 Å². The minimum absolute atomic E-state index is 0.209. The molecule has 0 aliphatic heterocycles. The second kappa shape index (κ2) is 6.40. The monoisotopic (exact) mass is 340 g/mol. The highest BCUT2D eigenvalue weighted by Gasteiger charge is 2.22. The molecule has 24 heavy (non-hydrogen) atoms. The summed E-state index contributed by atoms with van der Waals surface area (Å²) in [6, 6.07) is 7.86. The number of carbonyl (C=O) groups is 1. The van der Waals surface area contributed by atoms with Crippen molar-refractivity contribution in [3.8, 4) is 0 Å². The van der Waals surface area contributed by atoms with Gasteiger partial charge in [0.05, 0.1) is 5.69 Å². The quantitative estimate of drug-likeness (QED) is 0.666. The fourth-order valence-electron chi connectivity index (χ4n) is 3.32. The van der Waals surface area contributed by atoms with E-state index in [4.69, 9.17) is 4.74 Å². The summed E-state index contributed by atoms with van der Waals surface area (Å²) in [5, 5.41) is 0. The summed E-state index contributed by atoms with van der Waals surface area (Å²) in [6.07, 6.45) is 8.47. The fraction of sp³-hybridized carbons (Fsp3) is 0.368. The molecule has 1 aliphatic rings. The predicted octanol–water partition coefficient (Wildman–Crippen LogP) is 4.27. The average Bonchev–Trinajstić information content (AvgIpc) is 3.22. The minimum atomic E-state index is -0.237. The maximum absolute atomic E-state index is 12.4. The number of aromatic nitrogens is 2. The van der Waals surface area contributed by atoms with Crippen LogP contribution in [0.4, 0.5) is 0 Å². The van der Waals surface area contributed by atoms with Gasteiger partial charge in [-0.05, 0) is 48.9 Å². The SMILES string of the molecule is CC[C@@H]1CCc2sc(C(=O)OCc3cn4ccccc4n3)cc2C1. The number of imidazole rings is 1. The smallest absolute Gasteiger partial charge is 0.348 e. The summed E-state index contributed by atoms with van der Waals surface area (Å²) < 4.78 is 7.40. The largest absolute Gasteiger partial charge is 0.455 e. The van der Waals surface area contributed by atoms with Crippen molar-refractivity contribution in [1.82, 2.24) is 9.38 Å². The molecule has 0 spiro atoms. The number of esters is 1. The molecule has 4 rings (SSSR count). The van der Waals surface area contributed by atoms with E-state index in [-0.39, 0.29) is 12.6 Å². The van der Waals surface area contributed by atoms with Gasteiger partial charge in [0.15, 0.2) is 0 Å². The van der Waals surface area contributed by atoms with Crippen molar-refractivity contribution in [2.75, 3.05) is 0 Å². The first-order valence-electron chi connectivity index (χ1n) is 8.44. The second-order valence-corrected chi connectivity index (χ2v) is 7.49. The Morgan fingerprint density at radius 2 is 2.38 bits per heavy atom. The summed E-state index contributed by atoms with van der Waals surface area (Å²) in [7, 11) is 0. The fourth-order valence-corrected chi connectivity index (χ4v) is 4.42. The third-order valence-corrected chi connectivity index (χ3v) is 5.95. The number of hydrogen-bond donors (Lipinski definition) is 0. The van der Waals surface area contributed by atoms with E-state index in [0.717, 1.165) is 35.0 Å². The molecule has 0 radical (unpaired) electrons. The molecule has 0 fully saturated rings. The number of carbonyl (C=O) groups excluding carboxylic acids is 1. The molecule has 124 valence electrons. The van der Waals surface area contributed by atoms with Gasteiger partial charge in [-0.15, -0.1) is 11.3 Å². The van der Waals surface area contributed by atoms with Crippen LogP contribution in [-0.4, -0.2) is 15.4 Å². The van der Waals surface area contributed by atoms with Crippen LogP contribution in [-0.2, 0) is 24.2 Å². The van der Waals surface area contributed by atoms with Gasteiger partial charge < -0.3 is 9.14 Å². The maximum atomic E-state index is 12.4. The molecule has 1 aliphatic carbocycles. The Morgan fingerprint density at radius 1 is 1.46 bits per heavy atom. The van der Waals surface area contributed by atoms with E-state index in [2.05, 4.69) is 11.9 Å². The highest BCUT2D eigenvalue weighted by atomic mass is 32.1. The zero-order valence-corrected chi connectivity index (χ0v) is 14.5. The molecule has 4 nitrogen and oxygen atoms in total. The van der Waals surface area contributed by atoms with Gasteiger partial charge in [-0.1, -0.05) is 19.4 Å². The predicted molar refractivity (Wildman–Crippen MR) is 94.4 cm³/mol. The van der Waals surface area contributed by atoms with Gasteiger partial charge in [0, 0.05) is 17.3 Å². The standard InChI is InChI=1S/C19H20N2O2S/c1-2-13-6-7-16-14(9-13)10-17(24-16)19(22)23-12-15-11-21-8-4-3-5-18(21)20-15/h3-5,8,10-11,13H,2,6-7,9,12H2,1H3/t13-/m1/s1. The molecule has 0 unspecified atom stereocenters. The normalized spacial score (nSPS) is 17.0. The van der Waals surface area contributed by atoms with Crippen LogP contribution in [0.15, 0.2) is 36.7 Å². The van der Waals surface area contributed by atoms with Gasteiger partial charge in [-0.3, -0.25) is 0 Å². The van der Waals surface area contributed by atoms with E-state index in [1.165, 1.54) is 23.3 Å². The number of rotatable bonds is 4. The highest BCUT2D eigenvalue weighted by molar-refractivity contribution is 7.14. The molecule has 3 aromatic heterocycles. The number of hydrogen-bond acceptors (Lipinski definition) is 4. The lowest BCUT2D eigenvalue weighted by Crippen LogP contribution is -2.10. The molecule has 0 amide bonds. The lowest BCUT2D eigenvalue weighted by atomic mass is 9.87. The number of ether oxygens (including phenoxy) is 1. The minimum Gasteiger partial charge on any atom is -0.455 e. The molecule has 0 N–H and O–H groups in total. The van der Waals surface area contributed by atoms with Crippen LogP contribution in [0.5, 0.6) is 0 Å². The summed E-state index contributed by atoms with van der Waals surface area (Å²) >= 11 is 1.60. The Kier molecular flexibility index (Phi) is 4.10. The highest BCUT2D eigenvalue weighted by Crippen LogP contribution is 2.33. The first-order chi connectivity index (χ1) is 11.7. The van der Waals surface area contributed by atoms with Crippen LogP contribution < -0.4 is 0 Å². The Balaban J connectivity index is 1.44. The lowest BCUT2D eigenvalue weighted by Gasteiger charge is -2.19. The molecule has 0 saturated carbocycles. The molecular formula is C19H20N2O2S. The van der Waals surface area contributed by atoms with Crippen LogP contribution >= 0.6 is 11.3 Å². The Labute approximate surface area is 145 Å². The molecule has 0 aromatic carbocycles. The molecule has 3 aromatic rings. The van der Waals surface area contributed by atoms with Crippen molar-refractivity contribution in [1.29, 1.82) is 0 Å². The van der Waals surface area contributed by atoms with Gasteiger partial charge in [0.25, 0.3) is 0 Å². The average molecular weight is 340 g/mol. The topological polar surface area (TPSA) is 43.6 Å². The summed E-state index contributed by atoms with van der Waals surface area (Å²) in [5.74, 6) is 0.522. The number of aryl methyl sites for hydroxylation is 1. The van der Waals surface area contributed by atoms with Gasteiger partial charge in [0.1, 0.15) is 17.1 Å². The van der Waals surface area contributed by atoms with E-state index < -0.39 is 0 Å². The van der Waals surface area contributed by atoms with Crippen molar-refractivity contribution in [3.63, 3.8) is 0 Å².